The molecule has 0 atom stereocenters. The minimum atomic E-state index is -0.343. The van der Waals surface area contributed by atoms with E-state index < -0.39 is 0 Å². The molecule has 0 bridgehead atoms. The van der Waals surface area contributed by atoms with Gasteiger partial charge in [0.1, 0.15) is 11.6 Å². The lowest BCUT2D eigenvalue weighted by Crippen LogP contribution is -2.23. The number of aromatic nitrogens is 2. The van der Waals surface area contributed by atoms with Gasteiger partial charge in [-0.3, -0.25) is 9.48 Å². The highest BCUT2D eigenvalue weighted by Gasteiger charge is 2.12. The molecule has 1 amide bonds. The molecular weight excluding hydrogens is 244 g/mol. The summed E-state index contributed by atoms with van der Waals surface area (Å²) in [4.78, 5) is 12.0. The van der Waals surface area contributed by atoms with Gasteiger partial charge in [-0.15, -0.1) is 0 Å². The number of hydrogen-bond donors (Lipinski definition) is 3. The molecule has 2 rings (SSSR count). The Morgan fingerprint density at radius 1 is 1.53 bits per heavy atom. The van der Waals surface area contributed by atoms with Crippen molar-refractivity contribution in [2.75, 3.05) is 5.73 Å². The number of aryl methyl sites for hydroxylation is 2. The van der Waals surface area contributed by atoms with Crippen molar-refractivity contribution in [2.45, 2.75) is 13.5 Å². The minimum absolute atomic E-state index is 0.0396. The highest BCUT2D eigenvalue weighted by molar-refractivity contribution is 5.97. The number of carbonyl (C=O) groups is 1. The van der Waals surface area contributed by atoms with E-state index in [-0.39, 0.29) is 23.8 Å². The van der Waals surface area contributed by atoms with Crippen molar-refractivity contribution in [1.82, 2.24) is 15.1 Å². The zero-order chi connectivity index (χ0) is 14.0. The van der Waals surface area contributed by atoms with Crippen LogP contribution in [0.2, 0.25) is 0 Å². The largest absolute Gasteiger partial charge is 0.507 e. The molecule has 4 N–H and O–H groups in total. The molecule has 1 aromatic heterocycles. The van der Waals surface area contributed by atoms with E-state index in [1.54, 1.807) is 25.4 Å². The number of carbonyl (C=O) groups excluding carboxylic acids is 1. The van der Waals surface area contributed by atoms with Crippen molar-refractivity contribution in [3.05, 3.63) is 41.1 Å². The van der Waals surface area contributed by atoms with Crippen molar-refractivity contribution >= 4 is 11.7 Å². The van der Waals surface area contributed by atoms with Gasteiger partial charge in [0.2, 0.25) is 0 Å². The average Bonchev–Trinajstić information content (AvgIpc) is 2.70. The van der Waals surface area contributed by atoms with Gasteiger partial charge < -0.3 is 16.2 Å². The number of nitrogens with zero attached hydrogens (tertiary/aromatic N) is 2. The Morgan fingerprint density at radius 3 is 2.89 bits per heavy atom. The van der Waals surface area contributed by atoms with Gasteiger partial charge in [0.15, 0.2) is 0 Å². The summed E-state index contributed by atoms with van der Waals surface area (Å²) in [6.07, 6.45) is 1.60. The average molecular weight is 260 g/mol. The van der Waals surface area contributed by atoms with Crippen LogP contribution in [-0.4, -0.2) is 20.8 Å². The van der Waals surface area contributed by atoms with Crippen LogP contribution in [0.3, 0.4) is 0 Å². The molecule has 0 saturated heterocycles. The highest BCUT2D eigenvalue weighted by atomic mass is 16.3. The first-order chi connectivity index (χ1) is 8.99. The van der Waals surface area contributed by atoms with Crippen LogP contribution in [0.1, 0.15) is 21.5 Å². The smallest absolute Gasteiger partial charge is 0.255 e. The number of amides is 1. The van der Waals surface area contributed by atoms with E-state index in [4.69, 9.17) is 5.73 Å². The quantitative estimate of drug-likeness (QED) is 0.765. The molecule has 0 saturated carbocycles. The molecule has 6 nitrogen and oxygen atoms in total. The second-order valence-corrected chi connectivity index (χ2v) is 4.38. The maximum atomic E-state index is 12.0. The van der Waals surface area contributed by atoms with E-state index in [9.17, 15) is 9.90 Å². The maximum Gasteiger partial charge on any atom is 0.255 e. The Labute approximate surface area is 110 Å². The molecule has 19 heavy (non-hydrogen) atoms. The van der Waals surface area contributed by atoms with Gasteiger partial charge in [0, 0.05) is 19.2 Å². The van der Waals surface area contributed by atoms with Gasteiger partial charge in [0.05, 0.1) is 11.8 Å². The number of phenolic OH excluding ortho intramolecular Hbond substituents is 1. The highest BCUT2D eigenvalue weighted by Crippen LogP contribution is 2.18. The molecule has 0 aliphatic carbocycles. The third-order valence-corrected chi connectivity index (χ3v) is 2.90. The summed E-state index contributed by atoms with van der Waals surface area (Å²) in [6, 6.07) is 4.88. The van der Waals surface area contributed by atoms with Crippen molar-refractivity contribution in [3.63, 3.8) is 0 Å². The normalized spacial score (nSPS) is 10.4. The predicted octanol–water partition coefficient (Wildman–Crippen LogP) is 0.946. The lowest BCUT2D eigenvalue weighted by Gasteiger charge is -2.07. The van der Waals surface area contributed by atoms with Gasteiger partial charge in [-0.05, 0) is 19.1 Å². The number of nitrogen functional groups attached to an aromatic ring is 1. The Hall–Kier alpha value is -2.50. The van der Waals surface area contributed by atoms with Crippen molar-refractivity contribution in [2.24, 2.45) is 7.05 Å². The molecule has 1 heterocycles. The van der Waals surface area contributed by atoms with Gasteiger partial charge in [-0.25, -0.2) is 0 Å². The third-order valence-electron chi connectivity index (χ3n) is 2.90. The Morgan fingerprint density at radius 2 is 2.26 bits per heavy atom. The van der Waals surface area contributed by atoms with Gasteiger partial charge in [0.25, 0.3) is 5.91 Å². The second kappa shape index (κ2) is 5.01. The summed E-state index contributed by atoms with van der Waals surface area (Å²) in [6.45, 7) is 2.13. The molecule has 0 aliphatic heterocycles. The zero-order valence-electron chi connectivity index (χ0n) is 10.8. The summed E-state index contributed by atoms with van der Waals surface area (Å²) in [7, 11) is 1.73. The first-order valence-electron chi connectivity index (χ1n) is 5.83. The van der Waals surface area contributed by atoms with Crippen LogP contribution in [0.4, 0.5) is 5.82 Å². The van der Waals surface area contributed by atoms with E-state index in [0.717, 1.165) is 11.1 Å². The number of anilines is 1. The topological polar surface area (TPSA) is 93.2 Å². The van der Waals surface area contributed by atoms with Crippen LogP contribution < -0.4 is 11.1 Å². The number of nitrogens with one attached hydrogen (secondary N) is 1. The number of benzene rings is 1. The second-order valence-electron chi connectivity index (χ2n) is 4.38. The van der Waals surface area contributed by atoms with E-state index in [2.05, 4.69) is 10.4 Å². The molecule has 2 aromatic rings. The SMILES string of the molecule is Cc1ccc(O)c(C(=O)NCc2cnn(C)c2N)c1. The maximum absolute atomic E-state index is 12.0. The summed E-state index contributed by atoms with van der Waals surface area (Å²) in [5.74, 6) is 0.125. The van der Waals surface area contributed by atoms with Gasteiger partial charge >= 0.3 is 0 Å². The molecule has 0 aliphatic rings. The van der Waals surface area contributed by atoms with Crippen molar-refractivity contribution < 1.29 is 9.90 Å². The first-order valence-corrected chi connectivity index (χ1v) is 5.83. The van der Waals surface area contributed by atoms with Crippen LogP contribution in [-0.2, 0) is 13.6 Å². The van der Waals surface area contributed by atoms with E-state index >= 15 is 0 Å². The number of rotatable bonds is 3. The lowest BCUT2D eigenvalue weighted by molar-refractivity contribution is 0.0948. The number of phenols is 1. The van der Waals surface area contributed by atoms with Crippen LogP contribution in [0.15, 0.2) is 24.4 Å². The van der Waals surface area contributed by atoms with Crippen LogP contribution in [0.25, 0.3) is 0 Å². The number of nitrogens with two attached hydrogens (primary N) is 1. The molecule has 0 fully saturated rings. The molecule has 0 spiro atoms. The Balaban J connectivity index is 2.09. The van der Waals surface area contributed by atoms with E-state index in [1.165, 1.54) is 10.7 Å². The monoisotopic (exact) mass is 260 g/mol. The number of aromatic hydroxyl groups is 1. The summed E-state index contributed by atoms with van der Waals surface area (Å²) >= 11 is 0. The third kappa shape index (κ3) is 2.67. The Kier molecular flexibility index (Phi) is 3.41. The summed E-state index contributed by atoms with van der Waals surface area (Å²) < 4.78 is 1.53. The van der Waals surface area contributed by atoms with Gasteiger partial charge in [-0.2, -0.15) is 5.10 Å². The van der Waals surface area contributed by atoms with Crippen LogP contribution >= 0.6 is 0 Å². The predicted molar refractivity (Wildman–Crippen MR) is 71.6 cm³/mol. The summed E-state index contributed by atoms with van der Waals surface area (Å²) in [5.41, 5.74) is 7.68. The standard InChI is InChI=1S/C13H16N4O2/c1-8-3-4-11(18)10(5-8)13(19)15-6-9-7-16-17(2)12(9)14/h3-5,7,18H,6,14H2,1-2H3,(H,15,19). The van der Waals surface area contributed by atoms with E-state index in [0.29, 0.717) is 5.82 Å². The van der Waals surface area contributed by atoms with Gasteiger partial charge in [-0.1, -0.05) is 11.6 Å². The fraction of sp³-hybridized carbons (Fsp3) is 0.231. The van der Waals surface area contributed by atoms with Crippen molar-refractivity contribution in [1.29, 1.82) is 0 Å². The molecule has 1 aromatic carbocycles. The molecule has 100 valence electrons. The molecular formula is C13H16N4O2. The molecule has 6 heteroatoms. The fourth-order valence-electron chi connectivity index (χ4n) is 1.73. The van der Waals surface area contributed by atoms with Crippen LogP contribution in [0, 0.1) is 6.92 Å². The van der Waals surface area contributed by atoms with E-state index in [1.807, 2.05) is 6.92 Å². The molecule has 0 radical (unpaired) electrons. The molecule has 0 unspecified atom stereocenters. The number of hydrogen-bond acceptors (Lipinski definition) is 4. The first kappa shape index (κ1) is 12.9. The Bertz CT molecular complexity index is 619. The van der Waals surface area contributed by atoms with Crippen molar-refractivity contribution in [3.8, 4) is 5.75 Å². The summed E-state index contributed by atoms with van der Waals surface area (Å²) in [5, 5.41) is 16.4. The lowest BCUT2D eigenvalue weighted by atomic mass is 10.1. The minimum Gasteiger partial charge on any atom is -0.507 e. The fourth-order valence-corrected chi connectivity index (χ4v) is 1.73. The van der Waals surface area contributed by atoms with Crippen LogP contribution in [0.5, 0.6) is 5.75 Å². The zero-order valence-corrected chi connectivity index (χ0v) is 10.8.